The summed E-state index contributed by atoms with van der Waals surface area (Å²) >= 11 is 5.65. The Morgan fingerprint density at radius 1 is 1.10 bits per heavy atom. The average molecular weight is 439 g/mol. The van der Waals surface area contributed by atoms with Gasteiger partial charge in [0.15, 0.2) is 6.61 Å². The van der Waals surface area contributed by atoms with Crippen molar-refractivity contribution >= 4 is 23.5 Å². The van der Waals surface area contributed by atoms with E-state index in [0.717, 1.165) is 30.5 Å². The molecule has 0 radical (unpaired) electrons. The fourth-order valence-corrected chi connectivity index (χ4v) is 4.64. The lowest BCUT2D eigenvalue weighted by atomic mass is 9.44. The fraction of sp³-hybridized carbons (Fsp3) is 0.261. The maximum Gasteiger partial charge on any atom is 0.258 e. The number of amides is 1. The molecule has 3 saturated carbocycles. The van der Waals surface area contributed by atoms with Crippen molar-refractivity contribution < 1.29 is 13.9 Å². The third-order valence-electron chi connectivity index (χ3n) is 5.80. The van der Waals surface area contributed by atoms with E-state index in [-0.39, 0.29) is 34.4 Å². The van der Waals surface area contributed by atoms with Crippen molar-refractivity contribution in [3.05, 3.63) is 71.6 Å². The summed E-state index contributed by atoms with van der Waals surface area (Å²) in [5.41, 5.74) is 1.61. The standard InChI is InChI=1S/C23H20ClFN4O2/c24-17-7-6-16(10-18(17)25)31-11-20(30)28-22-12-23(13-22,14-22)29-21-26-9-8-19(27-21)15-4-2-1-3-5-15/h1-10H,11-14H2,(H,28,30)(H,26,27,29). The van der Waals surface area contributed by atoms with E-state index in [1.54, 1.807) is 6.20 Å². The number of halogens is 2. The fourth-order valence-electron chi connectivity index (χ4n) is 4.53. The SMILES string of the molecule is O=C(COc1ccc(Cl)c(F)c1)NC12CC(Nc3nccc(-c4ccccc4)n3)(C1)C2. The van der Waals surface area contributed by atoms with E-state index in [9.17, 15) is 9.18 Å². The van der Waals surface area contributed by atoms with Gasteiger partial charge < -0.3 is 15.4 Å². The van der Waals surface area contributed by atoms with E-state index in [1.807, 2.05) is 36.4 Å². The number of carbonyl (C=O) groups is 1. The van der Waals surface area contributed by atoms with Gasteiger partial charge in [0, 0.05) is 28.9 Å². The Kier molecular flexibility index (Phi) is 4.78. The highest BCUT2D eigenvalue weighted by molar-refractivity contribution is 6.30. The molecular formula is C23H20ClFN4O2. The number of hydrogen-bond acceptors (Lipinski definition) is 5. The number of anilines is 1. The Morgan fingerprint density at radius 2 is 1.87 bits per heavy atom. The van der Waals surface area contributed by atoms with Crippen LogP contribution >= 0.6 is 11.6 Å². The van der Waals surface area contributed by atoms with Gasteiger partial charge in [0.2, 0.25) is 5.95 Å². The molecule has 3 fully saturated rings. The van der Waals surface area contributed by atoms with Crippen LogP contribution in [-0.4, -0.2) is 33.6 Å². The van der Waals surface area contributed by atoms with Crippen LogP contribution in [0.4, 0.5) is 10.3 Å². The first-order chi connectivity index (χ1) is 14.9. The number of benzene rings is 2. The Labute approximate surface area is 183 Å². The summed E-state index contributed by atoms with van der Waals surface area (Å²) in [5.74, 6) is 0.0499. The predicted octanol–water partition coefficient (Wildman–Crippen LogP) is 4.22. The summed E-state index contributed by atoms with van der Waals surface area (Å²) in [4.78, 5) is 21.2. The van der Waals surface area contributed by atoms with Crippen molar-refractivity contribution in [3.8, 4) is 17.0 Å². The monoisotopic (exact) mass is 438 g/mol. The highest BCUT2D eigenvalue weighted by Gasteiger charge is 2.69. The van der Waals surface area contributed by atoms with Gasteiger partial charge in [-0.15, -0.1) is 0 Å². The van der Waals surface area contributed by atoms with Crippen molar-refractivity contribution in [3.63, 3.8) is 0 Å². The molecule has 158 valence electrons. The second-order valence-electron chi connectivity index (χ2n) is 8.26. The van der Waals surface area contributed by atoms with E-state index in [1.165, 1.54) is 18.2 Å². The summed E-state index contributed by atoms with van der Waals surface area (Å²) in [7, 11) is 0. The minimum absolute atomic E-state index is 0.0155. The maximum atomic E-state index is 13.5. The molecule has 6 nitrogen and oxygen atoms in total. The lowest BCUT2D eigenvalue weighted by Crippen LogP contribution is -2.81. The molecule has 0 saturated heterocycles. The van der Waals surface area contributed by atoms with Crippen LogP contribution in [-0.2, 0) is 4.79 Å². The minimum Gasteiger partial charge on any atom is -0.484 e. The Morgan fingerprint density at radius 3 is 2.61 bits per heavy atom. The van der Waals surface area contributed by atoms with E-state index in [4.69, 9.17) is 16.3 Å². The molecule has 3 aliphatic carbocycles. The third-order valence-corrected chi connectivity index (χ3v) is 6.10. The minimum atomic E-state index is -0.578. The topological polar surface area (TPSA) is 76.1 Å². The maximum absolute atomic E-state index is 13.5. The molecule has 2 aromatic carbocycles. The third kappa shape index (κ3) is 3.93. The van der Waals surface area contributed by atoms with Gasteiger partial charge in [-0.25, -0.2) is 14.4 Å². The van der Waals surface area contributed by atoms with Gasteiger partial charge in [-0.1, -0.05) is 41.9 Å². The molecule has 0 atom stereocenters. The Bertz CT molecular complexity index is 1120. The predicted molar refractivity (Wildman–Crippen MR) is 115 cm³/mol. The first-order valence-electron chi connectivity index (χ1n) is 10.00. The van der Waals surface area contributed by atoms with Gasteiger partial charge in [0.25, 0.3) is 5.91 Å². The number of nitrogens with one attached hydrogen (secondary N) is 2. The molecule has 1 heterocycles. The number of rotatable bonds is 7. The summed E-state index contributed by atoms with van der Waals surface area (Å²) in [5, 5.41) is 6.49. The first kappa shape index (κ1) is 19.8. The van der Waals surface area contributed by atoms with Gasteiger partial charge in [-0.2, -0.15) is 0 Å². The highest BCUT2D eigenvalue weighted by atomic mass is 35.5. The average Bonchev–Trinajstić information content (AvgIpc) is 2.73. The number of carbonyl (C=O) groups excluding carboxylic acids is 1. The zero-order valence-electron chi connectivity index (χ0n) is 16.6. The van der Waals surface area contributed by atoms with Gasteiger partial charge >= 0.3 is 0 Å². The van der Waals surface area contributed by atoms with Crippen LogP contribution in [0.3, 0.4) is 0 Å². The molecular weight excluding hydrogens is 419 g/mol. The van der Waals surface area contributed by atoms with Gasteiger partial charge in [-0.3, -0.25) is 4.79 Å². The lowest BCUT2D eigenvalue weighted by Gasteiger charge is -2.70. The zero-order valence-corrected chi connectivity index (χ0v) is 17.3. The van der Waals surface area contributed by atoms with E-state index < -0.39 is 5.82 Å². The Hall–Kier alpha value is -3.19. The number of nitrogens with zero attached hydrogens (tertiary/aromatic N) is 2. The molecule has 1 amide bonds. The summed E-state index contributed by atoms with van der Waals surface area (Å²) in [6.07, 6.45) is 4.16. The molecule has 2 bridgehead atoms. The van der Waals surface area contributed by atoms with Crippen molar-refractivity contribution in [2.75, 3.05) is 11.9 Å². The zero-order chi connectivity index (χ0) is 21.5. The van der Waals surface area contributed by atoms with Crippen LogP contribution in [0, 0.1) is 5.82 Å². The van der Waals surface area contributed by atoms with Crippen LogP contribution in [0.1, 0.15) is 19.3 Å². The molecule has 3 aliphatic rings. The van der Waals surface area contributed by atoms with Gasteiger partial charge in [-0.05, 0) is 37.5 Å². The molecule has 3 aromatic rings. The molecule has 0 aliphatic heterocycles. The number of hydrogen-bond donors (Lipinski definition) is 2. The quantitative estimate of drug-likeness (QED) is 0.577. The van der Waals surface area contributed by atoms with Crippen molar-refractivity contribution in [2.45, 2.75) is 30.3 Å². The number of ether oxygens (including phenoxy) is 1. The first-order valence-corrected chi connectivity index (χ1v) is 10.4. The molecule has 6 rings (SSSR count). The van der Waals surface area contributed by atoms with Crippen molar-refractivity contribution in [1.82, 2.24) is 15.3 Å². The molecule has 2 N–H and O–H groups in total. The van der Waals surface area contributed by atoms with Gasteiger partial charge in [0.1, 0.15) is 11.6 Å². The second kappa shape index (κ2) is 7.50. The van der Waals surface area contributed by atoms with Crippen LogP contribution in [0.2, 0.25) is 5.02 Å². The van der Waals surface area contributed by atoms with Crippen LogP contribution in [0.25, 0.3) is 11.3 Å². The van der Waals surface area contributed by atoms with E-state index in [2.05, 4.69) is 20.6 Å². The summed E-state index contributed by atoms with van der Waals surface area (Å²) in [6.45, 7) is -0.175. The van der Waals surface area contributed by atoms with Gasteiger partial charge in [0.05, 0.1) is 10.7 Å². The van der Waals surface area contributed by atoms with Crippen LogP contribution < -0.4 is 15.4 Å². The largest absolute Gasteiger partial charge is 0.484 e. The molecule has 0 unspecified atom stereocenters. The van der Waals surface area contributed by atoms with E-state index >= 15 is 0 Å². The molecule has 31 heavy (non-hydrogen) atoms. The molecule has 8 heteroatoms. The summed E-state index contributed by atoms with van der Waals surface area (Å²) in [6, 6.07) is 15.9. The highest BCUT2D eigenvalue weighted by Crippen LogP contribution is 2.61. The second-order valence-corrected chi connectivity index (χ2v) is 8.67. The van der Waals surface area contributed by atoms with Crippen LogP contribution in [0.15, 0.2) is 60.8 Å². The van der Waals surface area contributed by atoms with Crippen molar-refractivity contribution in [1.29, 1.82) is 0 Å². The Balaban J connectivity index is 1.13. The number of aromatic nitrogens is 2. The lowest BCUT2D eigenvalue weighted by molar-refractivity contribution is -0.135. The normalized spacial score (nSPS) is 23.3. The van der Waals surface area contributed by atoms with Crippen LogP contribution in [0.5, 0.6) is 5.75 Å². The molecule has 1 aromatic heterocycles. The molecule has 0 spiro atoms. The summed E-state index contributed by atoms with van der Waals surface area (Å²) < 4.78 is 18.8. The van der Waals surface area contributed by atoms with E-state index in [0.29, 0.717) is 5.95 Å². The van der Waals surface area contributed by atoms with Crippen molar-refractivity contribution in [2.24, 2.45) is 0 Å². The smallest absolute Gasteiger partial charge is 0.258 e.